The normalized spacial score (nSPS) is 10.8. The molecule has 0 saturated carbocycles. The molecule has 22 heavy (non-hydrogen) atoms. The standard InChI is InChI=1S/C17H16N2O3/c1-12-9-17(21)19(15-7-3-2-6-14(12)15)11-16(20)18-10-13-5-4-8-22-13/h2-9H,10-11H2,1H3,(H,18,20). The fourth-order valence-electron chi connectivity index (χ4n) is 2.46. The fourth-order valence-corrected chi connectivity index (χ4v) is 2.46. The molecule has 2 aromatic heterocycles. The molecule has 0 bridgehead atoms. The van der Waals surface area contributed by atoms with Gasteiger partial charge in [-0.05, 0) is 30.7 Å². The second-order valence-corrected chi connectivity index (χ2v) is 5.12. The molecule has 0 saturated heterocycles. The third kappa shape index (κ3) is 2.79. The summed E-state index contributed by atoms with van der Waals surface area (Å²) in [5, 5.41) is 3.72. The number of para-hydroxylation sites is 1. The van der Waals surface area contributed by atoms with E-state index in [0.29, 0.717) is 12.3 Å². The zero-order valence-electron chi connectivity index (χ0n) is 12.2. The molecule has 0 aliphatic heterocycles. The number of benzene rings is 1. The van der Waals surface area contributed by atoms with Crippen molar-refractivity contribution in [2.75, 3.05) is 0 Å². The Morgan fingerprint density at radius 3 is 2.82 bits per heavy atom. The third-order valence-electron chi connectivity index (χ3n) is 3.57. The van der Waals surface area contributed by atoms with Crippen molar-refractivity contribution in [3.63, 3.8) is 0 Å². The van der Waals surface area contributed by atoms with Crippen LogP contribution in [0.1, 0.15) is 11.3 Å². The van der Waals surface area contributed by atoms with Crippen LogP contribution < -0.4 is 10.9 Å². The Morgan fingerprint density at radius 2 is 2.05 bits per heavy atom. The zero-order chi connectivity index (χ0) is 15.5. The van der Waals surface area contributed by atoms with Crippen molar-refractivity contribution in [2.45, 2.75) is 20.0 Å². The van der Waals surface area contributed by atoms with Gasteiger partial charge in [0.25, 0.3) is 5.56 Å². The van der Waals surface area contributed by atoms with Gasteiger partial charge in [0.2, 0.25) is 5.91 Å². The molecule has 0 atom stereocenters. The maximum Gasteiger partial charge on any atom is 0.251 e. The van der Waals surface area contributed by atoms with Gasteiger partial charge in [0, 0.05) is 11.5 Å². The minimum atomic E-state index is -0.229. The minimum absolute atomic E-state index is 0.0136. The van der Waals surface area contributed by atoms with E-state index in [1.54, 1.807) is 24.5 Å². The largest absolute Gasteiger partial charge is 0.467 e. The van der Waals surface area contributed by atoms with Gasteiger partial charge >= 0.3 is 0 Å². The molecule has 3 aromatic rings. The average molecular weight is 296 g/mol. The lowest BCUT2D eigenvalue weighted by molar-refractivity contribution is -0.121. The van der Waals surface area contributed by atoms with E-state index >= 15 is 0 Å². The number of nitrogens with one attached hydrogen (secondary N) is 1. The molecule has 3 rings (SSSR count). The van der Waals surface area contributed by atoms with Crippen molar-refractivity contribution >= 4 is 16.8 Å². The summed E-state index contributed by atoms with van der Waals surface area (Å²) in [7, 11) is 0. The molecule has 1 aromatic carbocycles. The monoisotopic (exact) mass is 296 g/mol. The number of hydrogen-bond acceptors (Lipinski definition) is 3. The molecule has 5 nitrogen and oxygen atoms in total. The number of furan rings is 1. The second kappa shape index (κ2) is 5.89. The second-order valence-electron chi connectivity index (χ2n) is 5.12. The molecule has 0 fully saturated rings. The van der Waals surface area contributed by atoms with Gasteiger partial charge in [-0.3, -0.25) is 14.2 Å². The van der Waals surface area contributed by atoms with Crippen LogP contribution in [0.5, 0.6) is 0 Å². The van der Waals surface area contributed by atoms with Gasteiger partial charge in [0.05, 0.1) is 18.3 Å². The average Bonchev–Trinajstić information content (AvgIpc) is 3.03. The zero-order valence-corrected chi connectivity index (χ0v) is 12.2. The van der Waals surface area contributed by atoms with Crippen molar-refractivity contribution in [1.82, 2.24) is 9.88 Å². The van der Waals surface area contributed by atoms with Crippen LogP contribution in [0.25, 0.3) is 10.9 Å². The van der Waals surface area contributed by atoms with Gasteiger partial charge in [0.15, 0.2) is 0 Å². The molecule has 5 heteroatoms. The number of aromatic nitrogens is 1. The first-order valence-corrected chi connectivity index (χ1v) is 7.03. The molecular weight excluding hydrogens is 280 g/mol. The summed E-state index contributed by atoms with van der Waals surface area (Å²) in [6.07, 6.45) is 1.56. The number of hydrogen-bond donors (Lipinski definition) is 1. The smallest absolute Gasteiger partial charge is 0.251 e. The number of aryl methyl sites for hydroxylation is 1. The van der Waals surface area contributed by atoms with E-state index in [4.69, 9.17) is 4.42 Å². The quantitative estimate of drug-likeness (QED) is 0.803. The summed E-state index contributed by atoms with van der Waals surface area (Å²) in [6, 6.07) is 12.7. The number of pyridine rings is 1. The molecule has 0 radical (unpaired) electrons. The van der Waals surface area contributed by atoms with Crippen LogP contribution in [0.3, 0.4) is 0 Å². The fraction of sp³-hybridized carbons (Fsp3) is 0.176. The van der Waals surface area contributed by atoms with Crippen LogP contribution in [0.15, 0.2) is 57.9 Å². The number of carbonyl (C=O) groups is 1. The van der Waals surface area contributed by atoms with Gasteiger partial charge in [-0.15, -0.1) is 0 Å². The van der Waals surface area contributed by atoms with E-state index < -0.39 is 0 Å². The topological polar surface area (TPSA) is 64.2 Å². The molecule has 0 aliphatic rings. The Balaban J connectivity index is 1.84. The van der Waals surface area contributed by atoms with Gasteiger partial charge in [0.1, 0.15) is 12.3 Å². The number of carbonyl (C=O) groups excluding carboxylic acids is 1. The minimum Gasteiger partial charge on any atom is -0.467 e. The van der Waals surface area contributed by atoms with Crippen molar-refractivity contribution in [1.29, 1.82) is 0 Å². The van der Waals surface area contributed by atoms with Crippen LogP contribution in [-0.4, -0.2) is 10.5 Å². The van der Waals surface area contributed by atoms with Gasteiger partial charge in [-0.25, -0.2) is 0 Å². The lowest BCUT2D eigenvalue weighted by Gasteiger charge is -2.11. The molecule has 112 valence electrons. The lowest BCUT2D eigenvalue weighted by atomic mass is 10.1. The summed E-state index contributed by atoms with van der Waals surface area (Å²) in [6.45, 7) is 2.19. The molecule has 1 N–H and O–H groups in total. The summed E-state index contributed by atoms with van der Waals surface area (Å²) in [5.41, 5.74) is 1.50. The van der Waals surface area contributed by atoms with Crippen molar-refractivity contribution in [3.05, 3.63) is 70.4 Å². The number of rotatable bonds is 4. The first-order valence-electron chi connectivity index (χ1n) is 7.03. The predicted molar refractivity (Wildman–Crippen MR) is 83.5 cm³/mol. The molecular formula is C17H16N2O3. The highest BCUT2D eigenvalue weighted by Crippen LogP contribution is 2.15. The van der Waals surface area contributed by atoms with Crippen LogP contribution in [0, 0.1) is 6.92 Å². The Hall–Kier alpha value is -2.82. The number of amides is 1. The Bertz CT molecular complexity index is 863. The molecule has 2 heterocycles. The van der Waals surface area contributed by atoms with E-state index in [-0.39, 0.29) is 18.0 Å². The Morgan fingerprint density at radius 1 is 1.23 bits per heavy atom. The SMILES string of the molecule is Cc1cc(=O)n(CC(=O)NCc2ccco2)c2ccccc12. The molecule has 0 spiro atoms. The van der Waals surface area contributed by atoms with Gasteiger partial charge < -0.3 is 9.73 Å². The number of nitrogens with zero attached hydrogens (tertiary/aromatic N) is 1. The maximum absolute atomic E-state index is 12.2. The van der Waals surface area contributed by atoms with E-state index in [2.05, 4.69) is 5.32 Å². The van der Waals surface area contributed by atoms with Crippen LogP contribution >= 0.6 is 0 Å². The molecule has 0 aliphatic carbocycles. The summed E-state index contributed by atoms with van der Waals surface area (Å²) < 4.78 is 6.65. The maximum atomic E-state index is 12.2. The van der Waals surface area contributed by atoms with Crippen molar-refractivity contribution in [2.24, 2.45) is 0 Å². The Labute approximate surface area is 127 Å². The Kier molecular flexibility index (Phi) is 3.78. The predicted octanol–water partition coefficient (Wildman–Crippen LogP) is 2.22. The van der Waals surface area contributed by atoms with E-state index in [1.807, 2.05) is 31.2 Å². The van der Waals surface area contributed by atoms with E-state index in [0.717, 1.165) is 16.5 Å². The highest BCUT2D eigenvalue weighted by atomic mass is 16.3. The summed E-state index contributed by atoms with van der Waals surface area (Å²) in [4.78, 5) is 24.3. The van der Waals surface area contributed by atoms with Crippen LogP contribution in [0.2, 0.25) is 0 Å². The lowest BCUT2D eigenvalue weighted by Crippen LogP contribution is -2.32. The van der Waals surface area contributed by atoms with Crippen molar-refractivity contribution in [3.8, 4) is 0 Å². The van der Waals surface area contributed by atoms with E-state index in [1.165, 1.54) is 4.57 Å². The summed E-state index contributed by atoms with van der Waals surface area (Å²) >= 11 is 0. The first kappa shape index (κ1) is 14.1. The highest BCUT2D eigenvalue weighted by molar-refractivity contribution is 5.84. The van der Waals surface area contributed by atoms with Gasteiger partial charge in [-0.2, -0.15) is 0 Å². The highest BCUT2D eigenvalue weighted by Gasteiger charge is 2.10. The first-order chi connectivity index (χ1) is 10.6. The molecule has 0 unspecified atom stereocenters. The van der Waals surface area contributed by atoms with Crippen molar-refractivity contribution < 1.29 is 9.21 Å². The van der Waals surface area contributed by atoms with Crippen LogP contribution in [-0.2, 0) is 17.9 Å². The van der Waals surface area contributed by atoms with E-state index in [9.17, 15) is 9.59 Å². The summed E-state index contributed by atoms with van der Waals surface area (Å²) in [5.74, 6) is 0.446. The molecule has 1 amide bonds. The van der Waals surface area contributed by atoms with Gasteiger partial charge in [-0.1, -0.05) is 18.2 Å². The third-order valence-corrected chi connectivity index (χ3v) is 3.57. The number of fused-ring (bicyclic) bond motifs is 1. The van der Waals surface area contributed by atoms with Crippen LogP contribution in [0.4, 0.5) is 0 Å².